The molecule has 0 N–H and O–H groups in total. The maximum Gasteiger partial charge on any atom is 0.434 e. The first kappa shape index (κ1) is 27.1. The highest BCUT2D eigenvalue weighted by molar-refractivity contribution is 7.13. The van der Waals surface area contributed by atoms with Crippen molar-refractivity contribution in [3.8, 4) is 33.4 Å². The Labute approximate surface area is 231 Å². The van der Waals surface area contributed by atoms with E-state index in [4.69, 9.17) is 9.47 Å². The number of halogens is 3. The molecule has 5 rings (SSSR count). The fraction of sp³-hybridized carbons (Fsp3) is 0.172. The zero-order valence-electron chi connectivity index (χ0n) is 21.5. The molecule has 3 aromatic heterocycles. The first-order valence-electron chi connectivity index (χ1n) is 12.3. The van der Waals surface area contributed by atoms with Gasteiger partial charge in [-0.25, -0.2) is 19.4 Å². The lowest BCUT2D eigenvalue weighted by atomic mass is 10.1. The van der Waals surface area contributed by atoms with Crippen LogP contribution in [0.5, 0.6) is 5.75 Å². The van der Waals surface area contributed by atoms with Crippen LogP contribution in [0.2, 0.25) is 0 Å². The van der Waals surface area contributed by atoms with Gasteiger partial charge in [-0.2, -0.15) is 18.3 Å². The Kier molecular flexibility index (Phi) is 7.65. The van der Waals surface area contributed by atoms with Gasteiger partial charge >= 0.3 is 12.1 Å². The molecule has 0 saturated carbocycles. The van der Waals surface area contributed by atoms with E-state index in [0.29, 0.717) is 21.7 Å². The predicted octanol–water partition coefficient (Wildman–Crippen LogP) is 7.14. The van der Waals surface area contributed by atoms with Crippen molar-refractivity contribution in [2.24, 2.45) is 0 Å². The fourth-order valence-corrected chi connectivity index (χ4v) is 4.84. The van der Waals surface area contributed by atoms with Crippen molar-refractivity contribution in [1.82, 2.24) is 19.7 Å². The van der Waals surface area contributed by atoms with E-state index in [9.17, 15) is 18.0 Å². The topological polar surface area (TPSA) is 79.1 Å². The molecular formula is C29H23F3N4O3S. The van der Waals surface area contributed by atoms with Crippen LogP contribution in [0.15, 0.2) is 78.3 Å². The summed E-state index contributed by atoms with van der Waals surface area (Å²) in [5, 5.41) is 6.77. The number of alkyl halides is 3. The van der Waals surface area contributed by atoms with Crippen molar-refractivity contribution in [3.05, 3.63) is 101 Å². The van der Waals surface area contributed by atoms with Gasteiger partial charge in [0.25, 0.3) is 0 Å². The van der Waals surface area contributed by atoms with Gasteiger partial charge in [0.1, 0.15) is 22.9 Å². The summed E-state index contributed by atoms with van der Waals surface area (Å²) in [7, 11) is 0. The van der Waals surface area contributed by atoms with Crippen LogP contribution < -0.4 is 4.74 Å². The first-order valence-corrected chi connectivity index (χ1v) is 13.2. The van der Waals surface area contributed by atoms with Gasteiger partial charge in [0.05, 0.1) is 18.5 Å². The Hall–Kier alpha value is -4.51. The number of nitrogens with zero attached hydrogens (tertiary/aromatic N) is 4. The van der Waals surface area contributed by atoms with Crippen molar-refractivity contribution in [1.29, 1.82) is 0 Å². The summed E-state index contributed by atoms with van der Waals surface area (Å²) >= 11 is 1.58. The van der Waals surface area contributed by atoms with Gasteiger partial charge in [0.2, 0.25) is 0 Å². The Bertz CT molecular complexity index is 1650. The number of ether oxygens (including phenoxy) is 2. The number of thiazole rings is 1. The van der Waals surface area contributed by atoms with Gasteiger partial charge in [-0.15, -0.1) is 11.3 Å². The van der Waals surface area contributed by atoms with Crippen LogP contribution in [0.3, 0.4) is 0 Å². The number of hydrogen-bond acceptors (Lipinski definition) is 7. The van der Waals surface area contributed by atoms with Gasteiger partial charge in [-0.05, 0) is 43.7 Å². The Morgan fingerprint density at radius 2 is 1.77 bits per heavy atom. The SMILES string of the molecule is CCOC(=O)c1cnn(-c2cccc(-c3ccccc3OCc3ccc(-c4nc(C)cs4)cc3)n2)c1C(F)(F)F. The number of para-hydroxylation sites is 1. The third-order valence-electron chi connectivity index (χ3n) is 5.86. The third-order valence-corrected chi connectivity index (χ3v) is 6.87. The lowest BCUT2D eigenvalue weighted by Crippen LogP contribution is -2.19. The molecular weight excluding hydrogens is 541 g/mol. The van der Waals surface area contributed by atoms with Gasteiger partial charge in [-0.1, -0.05) is 42.5 Å². The van der Waals surface area contributed by atoms with E-state index < -0.39 is 23.4 Å². The summed E-state index contributed by atoms with van der Waals surface area (Å²) in [6.45, 7) is 3.67. The Morgan fingerprint density at radius 3 is 2.48 bits per heavy atom. The van der Waals surface area contributed by atoms with Crippen LogP contribution in [0.1, 0.15) is 34.2 Å². The lowest BCUT2D eigenvalue weighted by Gasteiger charge is -2.14. The van der Waals surface area contributed by atoms with Crippen LogP contribution in [-0.2, 0) is 17.5 Å². The van der Waals surface area contributed by atoms with Gasteiger partial charge in [0.15, 0.2) is 11.5 Å². The highest BCUT2D eigenvalue weighted by Gasteiger charge is 2.41. The maximum atomic E-state index is 14.0. The van der Waals surface area contributed by atoms with Crippen LogP contribution >= 0.6 is 11.3 Å². The number of carbonyl (C=O) groups is 1. The zero-order chi connectivity index (χ0) is 28.3. The zero-order valence-corrected chi connectivity index (χ0v) is 22.3. The Morgan fingerprint density at radius 1 is 1.00 bits per heavy atom. The second kappa shape index (κ2) is 11.3. The molecule has 5 aromatic rings. The average molecular weight is 565 g/mol. The van der Waals surface area contributed by atoms with Gasteiger partial charge < -0.3 is 9.47 Å². The number of aryl methyl sites for hydroxylation is 1. The monoisotopic (exact) mass is 564 g/mol. The van der Waals surface area contributed by atoms with Crippen molar-refractivity contribution in [3.63, 3.8) is 0 Å². The molecule has 40 heavy (non-hydrogen) atoms. The average Bonchev–Trinajstić information content (AvgIpc) is 3.60. The molecule has 0 aliphatic rings. The van der Waals surface area contributed by atoms with E-state index in [1.165, 1.54) is 13.0 Å². The summed E-state index contributed by atoms with van der Waals surface area (Å²) in [5.41, 5.74) is 1.97. The van der Waals surface area contributed by atoms with Gasteiger partial charge in [0, 0.05) is 22.2 Å². The molecule has 0 saturated heterocycles. The maximum absolute atomic E-state index is 14.0. The summed E-state index contributed by atoms with van der Waals surface area (Å²) in [6.07, 6.45) is -4.03. The molecule has 0 bridgehead atoms. The minimum Gasteiger partial charge on any atom is -0.488 e. The molecule has 11 heteroatoms. The largest absolute Gasteiger partial charge is 0.488 e. The van der Waals surface area contributed by atoms with Gasteiger partial charge in [-0.3, -0.25) is 0 Å². The normalized spacial score (nSPS) is 11.4. The van der Waals surface area contributed by atoms with Crippen LogP contribution in [-0.4, -0.2) is 32.3 Å². The Balaban J connectivity index is 1.41. The number of carbonyl (C=O) groups excluding carboxylic acids is 1. The molecule has 7 nitrogen and oxygen atoms in total. The highest BCUT2D eigenvalue weighted by Crippen LogP contribution is 2.35. The summed E-state index contributed by atoms with van der Waals surface area (Å²) in [5.74, 6) is -0.704. The van der Waals surface area contributed by atoms with Crippen molar-refractivity contribution >= 4 is 17.3 Å². The molecule has 0 amide bonds. The minimum atomic E-state index is -4.87. The second-order valence-electron chi connectivity index (χ2n) is 8.69. The number of aromatic nitrogens is 4. The second-order valence-corrected chi connectivity index (χ2v) is 9.55. The van der Waals surface area contributed by atoms with E-state index in [0.717, 1.165) is 28.0 Å². The number of esters is 1. The summed E-state index contributed by atoms with van der Waals surface area (Å²) in [4.78, 5) is 21.1. The lowest BCUT2D eigenvalue weighted by molar-refractivity contribution is -0.143. The molecule has 0 aliphatic heterocycles. The molecule has 204 valence electrons. The van der Waals surface area contributed by atoms with Crippen molar-refractivity contribution < 1.29 is 27.4 Å². The summed E-state index contributed by atoms with van der Waals surface area (Å²) < 4.78 is 53.4. The third kappa shape index (κ3) is 5.74. The molecule has 2 aromatic carbocycles. The molecule has 0 atom stereocenters. The molecule has 0 aliphatic carbocycles. The molecule has 0 fully saturated rings. The van der Waals surface area contributed by atoms with Crippen molar-refractivity contribution in [2.75, 3.05) is 6.61 Å². The van der Waals surface area contributed by atoms with Crippen LogP contribution in [0.4, 0.5) is 13.2 Å². The molecule has 0 unspecified atom stereocenters. The quantitative estimate of drug-likeness (QED) is 0.186. The standard InChI is InChI=1S/C29H23F3N4O3S/c1-3-38-28(37)22-15-33-36(26(22)29(30,31)32)25-10-6-8-23(35-25)21-7-4-5-9-24(21)39-16-19-11-13-20(14-12-19)27-34-18(2)17-40-27/h4-15,17H,3,16H2,1-2H3. The van der Waals surface area contributed by atoms with E-state index in [1.54, 1.807) is 47.7 Å². The number of hydrogen-bond donors (Lipinski definition) is 0. The van der Waals surface area contributed by atoms with Crippen molar-refractivity contribution in [2.45, 2.75) is 26.6 Å². The highest BCUT2D eigenvalue weighted by atomic mass is 32.1. The smallest absolute Gasteiger partial charge is 0.434 e. The van der Waals surface area contributed by atoms with Crippen LogP contribution in [0.25, 0.3) is 27.6 Å². The first-order chi connectivity index (χ1) is 19.2. The molecule has 0 radical (unpaired) electrons. The van der Waals surface area contributed by atoms with E-state index in [1.807, 2.05) is 36.6 Å². The summed E-state index contributed by atoms with van der Waals surface area (Å²) in [6, 6.07) is 19.6. The predicted molar refractivity (Wildman–Crippen MR) is 144 cm³/mol. The van der Waals surface area contributed by atoms with E-state index >= 15 is 0 Å². The number of benzene rings is 2. The van der Waals surface area contributed by atoms with E-state index in [-0.39, 0.29) is 19.0 Å². The molecule has 3 heterocycles. The minimum absolute atomic E-state index is 0.0679. The number of rotatable bonds is 8. The van der Waals surface area contributed by atoms with Crippen LogP contribution in [0, 0.1) is 6.92 Å². The number of pyridine rings is 1. The molecule has 0 spiro atoms. The van der Waals surface area contributed by atoms with E-state index in [2.05, 4.69) is 15.1 Å². The fourth-order valence-electron chi connectivity index (χ4n) is 4.04.